The molecule has 0 spiro atoms. The summed E-state index contributed by atoms with van der Waals surface area (Å²) in [6.07, 6.45) is 0.427. The zero-order valence-corrected chi connectivity index (χ0v) is 11.3. The number of benzene rings is 2. The monoisotopic (exact) mass is 256 g/mol. The van der Waals surface area contributed by atoms with Crippen molar-refractivity contribution in [2.24, 2.45) is 0 Å². The number of ether oxygens (including phenoxy) is 1. The van der Waals surface area contributed by atoms with Crippen molar-refractivity contribution in [2.45, 2.75) is 19.4 Å². The minimum Gasteiger partial charge on any atom is -0.386 e. The van der Waals surface area contributed by atoms with Gasteiger partial charge in [0.05, 0.1) is 6.61 Å². The number of rotatable bonds is 6. The molecular weight excluding hydrogens is 236 g/mol. The molecule has 2 heteroatoms. The average molecular weight is 256 g/mol. The molecule has 0 fully saturated rings. The maximum atomic E-state index is 9.98. The van der Waals surface area contributed by atoms with E-state index in [9.17, 15) is 5.11 Å². The highest BCUT2D eigenvalue weighted by molar-refractivity contribution is 5.63. The molecule has 0 amide bonds. The van der Waals surface area contributed by atoms with Crippen molar-refractivity contribution in [3.63, 3.8) is 0 Å². The Morgan fingerprint density at radius 2 is 1.58 bits per heavy atom. The standard InChI is InChI=1S/C17H20O2/c1-2-12-19-13-17(18)16-10-8-15(9-11-16)14-6-4-3-5-7-14/h3-11,17-18H,2,12-13H2,1H3. The Hall–Kier alpha value is -1.64. The van der Waals surface area contributed by atoms with Crippen LogP contribution in [0.1, 0.15) is 25.0 Å². The second-order valence-corrected chi connectivity index (χ2v) is 4.58. The first-order chi connectivity index (χ1) is 9.31. The maximum absolute atomic E-state index is 9.98. The zero-order valence-electron chi connectivity index (χ0n) is 11.3. The van der Waals surface area contributed by atoms with E-state index in [1.807, 2.05) is 42.5 Å². The Kier molecular flexibility index (Phi) is 5.13. The summed E-state index contributed by atoms with van der Waals surface area (Å²) in [5.74, 6) is 0. The predicted molar refractivity (Wildman–Crippen MR) is 77.9 cm³/mol. The van der Waals surface area contributed by atoms with Gasteiger partial charge in [0.25, 0.3) is 0 Å². The highest BCUT2D eigenvalue weighted by Gasteiger charge is 2.07. The Morgan fingerprint density at radius 1 is 0.947 bits per heavy atom. The lowest BCUT2D eigenvalue weighted by atomic mass is 10.0. The van der Waals surface area contributed by atoms with Crippen molar-refractivity contribution in [2.75, 3.05) is 13.2 Å². The van der Waals surface area contributed by atoms with Gasteiger partial charge >= 0.3 is 0 Å². The zero-order chi connectivity index (χ0) is 13.5. The van der Waals surface area contributed by atoms with Gasteiger partial charge in [0.1, 0.15) is 6.10 Å². The number of hydrogen-bond donors (Lipinski definition) is 1. The molecule has 0 bridgehead atoms. The summed E-state index contributed by atoms with van der Waals surface area (Å²) in [4.78, 5) is 0. The lowest BCUT2D eigenvalue weighted by molar-refractivity contribution is 0.0364. The second-order valence-electron chi connectivity index (χ2n) is 4.58. The average Bonchev–Trinajstić information content (AvgIpc) is 2.48. The molecular formula is C17H20O2. The van der Waals surface area contributed by atoms with Crippen LogP contribution in [0.25, 0.3) is 11.1 Å². The Balaban J connectivity index is 2.02. The molecule has 100 valence electrons. The van der Waals surface area contributed by atoms with Crippen LogP contribution in [-0.2, 0) is 4.74 Å². The van der Waals surface area contributed by atoms with Crippen LogP contribution in [0.15, 0.2) is 54.6 Å². The highest BCUT2D eigenvalue weighted by atomic mass is 16.5. The summed E-state index contributed by atoms with van der Waals surface area (Å²) in [5.41, 5.74) is 3.24. The fourth-order valence-electron chi connectivity index (χ4n) is 1.96. The van der Waals surface area contributed by atoms with Gasteiger partial charge in [-0.3, -0.25) is 0 Å². The van der Waals surface area contributed by atoms with Gasteiger partial charge in [-0.2, -0.15) is 0 Å². The molecule has 2 rings (SSSR count). The van der Waals surface area contributed by atoms with Gasteiger partial charge in [0.15, 0.2) is 0 Å². The lowest BCUT2D eigenvalue weighted by Crippen LogP contribution is -2.07. The van der Waals surface area contributed by atoms with Crippen LogP contribution in [0.4, 0.5) is 0 Å². The summed E-state index contributed by atoms with van der Waals surface area (Å²) in [7, 11) is 0. The highest BCUT2D eigenvalue weighted by Crippen LogP contribution is 2.21. The molecule has 0 saturated carbocycles. The normalized spacial score (nSPS) is 12.3. The predicted octanol–water partition coefficient (Wildman–Crippen LogP) is 3.81. The van der Waals surface area contributed by atoms with Crippen molar-refractivity contribution >= 4 is 0 Å². The van der Waals surface area contributed by atoms with E-state index in [0.29, 0.717) is 13.2 Å². The molecule has 2 aromatic carbocycles. The first-order valence-corrected chi connectivity index (χ1v) is 6.72. The van der Waals surface area contributed by atoms with E-state index in [-0.39, 0.29) is 0 Å². The summed E-state index contributed by atoms with van der Waals surface area (Å²) in [5, 5.41) is 9.98. The van der Waals surface area contributed by atoms with E-state index in [1.165, 1.54) is 5.56 Å². The molecule has 0 aromatic heterocycles. The summed E-state index contributed by atoms with van der Waals surface area (Å²) in [6.45, 7) is 3.11. The first-order valence-electron chi connectivity index (χ1n) is 6.72. The van der Waals surface area contributed by atoms with Crippen molar-refractivity contribution in [1.29, 1.82) is 0 Å². The van der Waals surface area contributed by atoms with Gasteiger partial charge in [-0.05, 0) is 23.1 Å². The van der Waals surface area contributed by atoms with Gasteiger partial charge in [0.2, 0.25) is 0 Å². The van der Waals surface area contributed by atoms with Crippen LogP contribution < -0.4 is 0 Å². The van der Waals surface area contributed by atoms with E-state index in [2.05, 4.69) is 19.1 Å². The minimum atomic E-state index is -0.545. The van der Waals surface area contributed by atoms with Crippen molar-refractivity contribution in [3.8, 4) is 11.1 Å². The molecule has 1 atom stereocenters. The van der Waals surface area contributed by atoms with E-state index in [0.717, 1.165) is 17.5 Å². The maximum Gasteiger partial charge on any atom is 0.102 e. The SMILES string of the molecule is CCCOCC(O)c1ccc(-c2ccccc2)cc1. The third-order valence-electron chi connectivity index (χ3n) is 3.03. The molecule has 0 aliphatic rings. The van der Waals surface area contributed by atoms with Gasteiger partial charge in [-0.1, -0.05) is 61.5 Å². The van der Waals surface area contributed by atoms with Crippen molar-refractivity contribution in [3.05, 3.63) is 60.2 Å². The molecule has 2 aromatic rings. The number of hydrogen-bond acceptors (Lipinski definition) is 2. The summed E-state index contributed by atoms with van der Waals surface area (Å²) in [6, 6.07) is 18.2. The van der Waals surface area contributed by atoms with E-state index in [4.69, 9.17) is 4.74 Å². The lowest BCUT2D eigenvalue weighted by Gasteiger charge is -2.12. The fourth-order valence-corrected chi connectivity index (χ4v) is 1.96. The second kappa shape index (κ2) is 7.07. The molecule has 2 nitrogen and oxygen atoms in total. The Labute approximate surface area is 114 Å². The van der Waals surface area contributed by atoms with Gasteiger partial charge in [-0.25, -0.2) is 0 Å². The van der Waals surface area contributed by atoms with E-state index in [1.54, 1.807) is 0 Å². The fraction of sp³-hybridized carbons (Fsp3) is 0.294. The number of aliphatic hydroxyl groups is 1. The first kappa shape index (κ1) is 13.8. The Morgan fingerprint density at radius 3 is 2.21 bits per heavy atom. The van der Waals surface area contributed by atoms with Crippen LogP contribution in [0.3, 0.4) is 0 Å². The van der Waals surface area contributed by atoms with Gasteiger partial charge in [-0.15, -0.1) is 0 Å². The molecule has 19 heavy (non-hydrogen) atoms. The van der Waals surface area contributed by atoms with Gasteiger partial charge in [0, 0.05) is 6.61 Å². The van der Waals surface area contributed by atoms with E-state index < -0.39 is 6.10 Å². The van der Waals surface area contributed by atoms with Crippen LogP contribution in [0.2, 0.25) is 0 Å². The third-order valence-corrected chi connectivity index (χ3v) is 3.03. The largest absolute Gasteiger partial charge is 0.386 e. The summed E-state index contributed by atoms with van der Waals surface area (Å²) < 4.78 is 5.36. The van der Waals surface area contributed by atoms with Crippen molar-refractivity contribution < 1.29 is 9.84 Å². The Bertz CT molecular complexity index is 476. The van der Waals surface area contributed by atoms with E-state index >= 15 is 0 Å². The topological polar surface area (TPSA) is 29.5 Å². The van der Waals surface area contributed by atoms with Crippen LogP contribution in [0.5, 0.6) is 0 Å². The third kappa shape index (κ3) is 3.91. The molecule has 0 aliphatic heterocycles. The molecule has 1 N–H and O–H groups in total. The minimum absolute atomic E-state index is 0.360. The van der Waals surface area contributed by atoms with Crippen LogP contribution in [-0.4, -0.2) is 18.3 Å². The van der Waals surface area contributed by atoms with Crippen LogP contribution >= 0.6 is 0 Å². The summed E-state index contributed by atoms with van der Waals surface area (Å²) >= 11 is 0. The van der Waals surface area contributed by atoms with Crippen molar-refractivity contribution in [1.82, 2.24) is 0 Å². The molecule has 0 saturated heterocycles. The van der Waals surface area contributed by atoms with Gasteiger partial charge < -0.3 is 9.84 Å². The smallest absolute Gasteiger partial charge is 0.102 e. The quantitative estimate of drug-likeness (QED) is 0.796. The number of aliphatic hydroxyl groups excluding tert-OH is 1. The molecule has 0 radical (unpaired) electrons. The molecule has 0 aliphatic carbocycles. The van der Waals surface area contributed by atoms with Crippen LogP contribution in [0, 0.1) is 0 Å². The molecule has 1 unspecified atom stereocenters. The molecule has 0 heterocycles.